The zero-order valence-corrected chi connectivity index (χ0v) is 11.9. The maximum atomic E-state index is 11.1. The molecule has 0 atom stereocenters. The Morgan fingerprint density at radius 3 is 2.83 bits per heavy atom. The molecule has 0 fully saturated rings. The Hall–Kier alpha value is -1.50. The third-order valence-electron chi connectivity index (χ3n) is 2.62. The van der Waals surface area contributed by atoms with Crippen LogP contribution in [0.1, 0.15) is 16.1 Å². The molecule has 2 aromatic rings. The smallest absolute Gasteiger partial charge is 0.352 e. The van der Waals surface area contributed by atoms with E-state index in [1.165, 1.54) is 0 Å². The number of nitrogens with zero attached hydrogens (tertiary/aromatic N) is 1. The van der Waals surface area contributed by atoms with Crippen LogP contribution < -0.4 is 4.74 Å². The van der Waals surface area contributed by atoms with E-state index in [0.717, 1.165) is 14.9 Å². The second kappa shape index (κ2) is 5.43. The molecule has 0 amide bonds. The summed E-state index contributed by atoms with van der Waals surface area (Å²) in [5.41, 5.74) is 1.24. The van der Waals surface area contributed by atoms with Gasteiger partial charge in [0.05, 0.1) is 13.7 Å². The fraction of sp³-hybridized carbons (Fsp3) is 0.154. The Labute approximate surface area is 118 Å². The van der Waals surface area contributed by atoms with Crippen molar-refractivity contribution in [2.24, 2.45) is 0 Å². The zero-order valence-electron chi connectivity index (χ0n) is 9.76. The van der Waals surface area contributed by atoms with Crippen molar-refractivity contribution in [2.45, 2.75) is 6.54 Å². The molecular formula is C13H12INO3. The first kappa shape index (κ1) is 12.9. The van der Waals surface area contributed by atoms with Crippen LogP contribution >= 0.6 is 22.6 Å². The molecule has 0 spiro atoms. The minimum atomic E-state index is -0.923. The summed E-state index contributed by atoms with van der Waals surface area (Å²) >= 11 is 2.10. The molecule has 5 heteroatoms. The van der Waals surface area contributed by atoms with Crippen LogP contribution in [0.5, 0.6) is 5.75 Å². The lowest BCUT2D eigenvalue weighted by Gasteiger charge is -2.10. The molecule has 0 bridgehead atoms. The molecule has 0 unspecified atom stereocenters. The number of ether oxygens (including phenoxy) is 1. The van der Waals surface area contributed by atoms with Crippen molar-refractivity contribution in [1.29, 1.82) is 0 Å². The number of carboxylic acids is 1. The fourth-order valence-corrected chi connectivity index (χ4v) is 2.43. The van der Waals surface area contributed by atoms with E-state index in [4.69, 9.17) is 9.84 Å². The van der Waals surface area contributed by atoms with Crippen LogP contribution in [0, 0.1) is 3.57 Å². The van der Waals surface area contributed by atoms with Crippen LogP contribution in [-0.2, 0) is 6.54 Å². The van der Waals surface area contributed by atoms with Gasteiger partial charge in [-0.15, -0.1) is 0 Å². The molecular weight excluding hydrogens is 345 g/mol. The number of carbonyl (C=O) groups is 1. The quantitative estimate of drug-likeness (QED) is 0.857. The minimum Gasteiger partial charge on any atom is -0.496 e. The van der Waals surface area contributed by atoms with Gasteiger partial charge in [0, 0.05) is 15.3 Å². The van der Waals surface area contributed by atoms with Gasteiger partial charge in [-0.2, -0.15) is 0 Å². The minimum absolute atomic E-state index is 0.283. The molecule has 4 nitrogen and oxygen atoms in total. The van der Waals surface area contributed by atoms with Gasteiger partial charge in [0.25, 0.3) is 0 Å². The first-order valence-electron chi connectivity index (χ1n) is 5.32. The van der Waals surface area contributed by atoms with E-state index in [9.17, 15) is 4.79 Å². The molecule has 1 N–H and O–H groups in total. The highest BCUT2D eigenvalue weighted by Crippen LogP contribution is 2.20. The van der Waals surface area contributed by atoms with Crippen LogP contribution in [-0.4, -0.2) is 22.8 Å². The lowest BCUT2D eigenvalue weighted by Crippen LogP contribution is -2.09. The molecule has 1 heterocycles. The van der Waals surface area contributed by atoms with Gasteiger partial charge < -0.3 is 14.4 Å². The predicted molar refractivity (Wildman–Crippen MR) is 76.2 cm³/mol. The van der Waals surface area contributed by atoms with Gasteiger partial charge >= 0.3 is 5.97 Å². The van der Waals surface area contributed by atoms with Gasteiger partial charge in [-0.1, -0.05) is 18.2 Å². The number of para-hydroxylation sites is 1. The first-order chi connectivity index (χ1) is 8.61. The molecule has 2 rings (SSSR count). The van der Waals surface area contributed by atoms with Crippen LogP contribution in [0.25, 0.3) is 0 Å². The van der Waals surface area contributed by atoms with E-state index in [1.54, 1.807) is 17.7 Å². The molecule has 0 radical (unpaired) electrons. The molecule has 0 aliphatic carbocycles. The van der Waals surface area contributed by atoms with E-state index in [0.29, 0.717) is 6.54 Å². The second-order valence-electron chi connectivity index (χ2n) is 3.79. The number of halogens is 1. The standard InChI is InChI=1S/C13H12INO3/c1-18-12-5-3-2-4-9(12)7-15-8-10(14)6-11(15)13(16)17/h2-6,8H,7H2,1H3,(H,16,17). The number of hydrogen-bond acceptors (Lipinski definition) is 2. The highest BCUT2D eigenvalue weighted by atomic mass is 127. The summed E-state index contributed by atoms with van der Waals surface area (Å²) in [5.74, 6) is -0.162. The average molecular weight is 357 g/mol. The molecule has 1 aromatic heterocycles. The van der Waals surface area contributed by atoms with Crippen LogP contribution in [0.15, 0.2) is 36.5 Å². The Balaban J connectivity index is 2.36. The normalized spacial score (nSPS) is 10.3. The Morgan fingerprint density at radius 1 is 1.44 bits per heavy atom. The largest absolute Gasteiger partial charge is 0.496 e. The monoisotopic (exact) mass is 357 g/mol. The predicted octanol–water partition coefficient (Wildman–Crippen LogP) is 2.85. The van der Waals surface area contributed by atoms with E-state index >= 15 is 0 Å². The van der Waals surface area contributed by atoms with Crippen molar-refractivity contribution in [3.8, 4) is 5.75 Å². The number of benzene rings is 1. The van der Waals surface area contributed by atoms with E-state index in [-0.39, 0.29) is 5.69 Å². The number of rotatable bonds is 4. The van der Waals surface area contributed by atoms with Gasteiger partial charge in [0.15, 0.2) is 0 Å². The van der Waals surface area contributed by atoms with Gasteiger partial charge in [-0.3, -0.25) is 0 Å². The summed E-state index contributed by atoms with van der Waals surface area (Å²) in [7, 11) is 1.61. The molecule has 94 valence electrons. The lowest BCUT2D eigenvalue weighted by molar-refractivity contribution is 0.0685. The summed E-state index contributed by atoms with van der Waals surface area (Å²) in [6.07, 6.45) is 1.82. The van der Waals surface area contributed by atoms with E-state index in [1.807, 2.05) is 30.5 Å². The third kappa shape index (κ3) is 2.66. The van der Waals surface area contributed by atoms with Crippen molar-refractivity contribution < 1.29 is 14.6 Å². The van der Waals surface area contributed by atoms with Crippen LogP contribution in [0.2, 0.25) is 0 Å². The van der Waals surface area contributed by atoms with Gasteiger partial charge in [0.1, 0.15) is 11.4 Å². The third-order valence-corrected chi connectivity index (χ3v) is 3.21. The van der Waals surface area contributed by atoms with Crippen molar-refractivity contribution in [2.75, 3.05) is 7.11 Å². The fourth-order valence-electron chi connectivity index (χ4n) is 1.80. The zero-order chi connectivity index (χ0) is 13.1. The van der Waals surface area contributed by atoms with Crippen molar-refractivity contribution >= 4 is 28.6 Å². The number of aromatic nitrogens is 1. The van der Waals surface area contributed by atoms with Crippen molar-refractivity contribution in [3.63, 3.8) is 0 Å². The number of hydrogen-bond donors (Lipinski definition) is 1. The molecule has 0 aliphatic heterocycles. The Morgan fingerprint density at radius 2 is 2.17 bits per heavy atom. The summed E-state index contributed by atoms with van der Waals surface area (Å²) in [6, 6.07) is 9.24. The Bertz CT molecular complexity index is 577. The average Bonchev–Trinajstić information content (AvgIpc) is 2.71. The lowest BCUT2D eigenvalue weighted by atomic mass is 10.2. The molecule has 0 saturated carbocycles. The molecule has 0 saturated heterocycles. The number of aromatic carboxylic acids is 1. The summed E-state index contributed by atoms with van der Waals surface area (Å²) in [5, 5.41) is 9.13. The first-order valence-corrected chi connectivity index (χ1v) is 6.40. The van der Waals surface area contributed by atoms with Crippen LogP contribution in [0.4, 0.5) is 0 Å². The van der Waals surface area contributed by atoms with Gasteiger partial charge in [0.2, 0.25) is 0 Å². The molecule has 0 aliphatic rings. The maximum Gasteiger partial charge on any atom is 0.352 e. The van der Waals surface area contributed by atoms with Crippen LogP contribution in [0.3, 0.4) is 0 Å². The maximum absolute atomic E-state index is 11.1. The van der Waals surface area contributed by atoms with E-state index < -0.39 is 5.97 Å². The summed E-state index contributed by atoms with van der Waals surface area (Å²) in [6.45, 7) is 0.481. The number of methoxy groups -OCH3 is 1. The number of carboxylic acid groups (broad SMARTS) is 1. The van der Waals surface area contributed by atoms with Gasteiger partial charge in [-0.25, -0.2) is 4.79 Å². The topological polar surface area (TPSA) is 51.5 Å². The highest BCUT2D eigenvalue weighted by molar-refractivity contribution is 14.1. The summed E-state index contributed by atoms with van der Waals surface area (Å²) < 4.78 is 7.88. The molecule has 18 heavy (non-hydrogen) atoms. The van der Waals surface area contributed by atoms with E-state index in [2.05, 4.69) is 22.6 Å². The molecule has 1 aromatic carbocycles. The van der Waals surface area contributed by atoms with Gasteiger partial charge in [-0.05, 0) is 34.7 Å². The second-order valence-corrected chi connectivity index (χ2v) is 5.03. The van der Waals surface area contributed by atoms with Crippen molar-refractivity contribution in [1.82, 2.24) is 4.57 Å². The highest BCUT2D eigenvalue weighted by Gasteiger charge is 2.13. The summed E-state index contributed by atoms with van der Waals surface area (Å²) in [4.78, 5) is 11.1. The van der Waals surface area contributed by atoms with Crippen molar-refractivity contribution in [3.05, 3.63) is 51.4 Å². The SMILES string of the molecule is COc1ccccc1Cn1cc(I)cc1C(=O)O. The Kier molecular flexibility index (Phi) is 3.90.